The molecule has 9 nitrogen and oxygen atoms in total. The van der Waals surface area contributed by atoms with E-state index in [0.29, 0.717) is 0 Å². The summed E-state index contributed by atoms with van der Waals surface area (Å²) >= 11 is 0. The summed E-state index contributed by atoms with van der Waals surface area (Å²) in [6.45, 7) is 0. The predicted molar refractivity (Wildman–Crippen MR) is 105 cm³/mol. The fourth-order valence-electron chi connectivity index (χ4n) is 1.96. The molecule has 3 rings (SSSR count). The van der Waals surface area contributed by atoms with Gasteiger partial charge in [0.25, 0.3) is 0 Å². The van der Waals surface area contributed by atoms with Gasteiger partial charge in [0.15, 0.2) is 0 Å². The molecule has 185 valence electrons. The van der Waals surface area contributed by atoms with Crippen molar-refractivity contribution in [1.82, 2.24) is 0 Å². The molecule has 0 bridgehead atoms. The Bertz CT molecular complexity index is 917. The van der Waals surface area contributed by atoms with Gasteiger partial charge in [0.1, 0.15) is 33.9 Å². The molecule has 34 heavy (non-hydrogen) atoms. The van der Waals surface area contributed by atoms with Crippen LogP contribution in [-0.4, -0.2) is 48.5 Å². The Hall–Kier alpha value is -3.14. The van der Waals surface area contributed by atoms with Crippen molar-refractivity contribution in [3.05, 3.63) is 89.5 Å². The zero-order valence-electron chi connectivity index (χ0n) is 16.8. The van der Waals surface area contributed by atoms with E-state index in [-0.39, 0.29) is 88.2 Å². The van der Waals surface area contributed by atoms with Gasteiger partial charge in [0.2, 0.25) is 0 Å². The van der Waals surface area contributed by atoms with Crippen molar-refractivity contribution >= 4 is 17.9 Å². The first kappa shape index (κ1) is 38.1. The van der Waals surface area contributed by atoms with Gasteiger partial charge < -0.3 is 67.9 Å². The number of hydrogen-bond acceptors (Lipinski definition) is 6. The third-order valence-corrected chi connectivity index (χ3v) is 3.40. The van der Waals surface area contributed by atoms with Crippen LogP contribution in [0.5, 0.6) is 17.2 Å². The van der Waals surface area contributed by atoms with Crippen LogP contribution in [0.25, 0.3) is 0 Å². The van der Waals surface area contributed by atoms with Crippen LogP contribution in [0, 0.1) is 0 Å². The number of para-hydroxylation sites is 3. The number of rotatable bonds is 3. The number of phenols is 3. The number of carboxylic acid groups (broad SMARTS) is 3. The van der Waals surface area contributed by atoms with Crippen molar-refractivity contribution < 1.29 is 99.3 Å². The smallest absolute Gasteiger partial charge is 1.00 e. The van der Waals surface area contributed by atoms with E-state index in [9.17, 15) is 14.4 Å². The minimum Gasteiger partial charge on any atom is -1.00 e. The van der Waals surface area contributed by atoms with E-state index in [1.54, 1.807) is 36.4 Å². The summed E-state index contributed by atoms with van der Waals surface area (Å²) in [5.41, 5.74) is -0.201. The zero-order chi connectivity index (χ0) is 22.7. The van der Waals surface area contributed by atoms with Crippen molar-refractivity contribution in [1.29, 1.82) is 0 Å². The summed E-state index contributed by atoms with van der Waals surface area (Å²) in [7, 11) is 0. The van der Waals surface area contributed by atoms with Crippen LogP contribution in [-0.2, 0) is 17.1 Å². The molecule has 0 heterocycles. The molecule has 0 saturated heterocycles. The SMILES string of the molecule is O=C(O)c1ccccc1O.O=C(O)c1ccccc1O.O=C(O)c1ccccc1O.[Cl-].[Cl-].[Cl-].[Fe+3]. The van der Waals surface area contributed by atoms with E-state index in [1.165, 1.54) is 36.4 Å². The molecule has 0 fully saturated rings. The number of halogens is 3. The monoisotopic (exact) mass is 575 g/mol. The second-order valence-electron chi connectivity index (χ2n) is 5.47. The Labute approximate surface area is 223 Å². The van der Waals surface area contributed by atoms with Crippen LogP contribution in [0.2, 0.25) is 0 Å². The summed E-state index contributed by atoms with van der Waals surface area (Å²) in [4.78, 5) is 30.8. The maximum absolute atomic E-state index is 10.3. The van der Waals surface area contributed by atoms with Crippen LogP contribution in [0.15, 0.2) is 72.8 Å². The second kappa shape index (κ2) is 19.3. The van der Waals surface area contributed by atoms with Crippen LogP contribution in [0.1, 0.15) is 31.1 Å². The van der Waals surface area contributed by atoms with Gasteiger partial charge in [-0.25, -0.2) is 14.4 Å². The summed E-state index contributed by atoms with van der Waals surface area (Å²) in [5, 5.41) is 51.9. The number of carboxylic acids is 3. The molecule has 13 heteroatoms. The first-order valence-corrected chi connectivity index (χ1v) is 8.19. The number of hydrogen-bond donors (Lipinski definition) is 6. The van der Waals surface area contributed by atoms with Crippen molar-refractivity contribution in [3.63, 3.8) is 0 Å². The summed E-state index contributed by atoms with van der Waals surface area (Å²) < 4.78 is 0. The molecule has 0 aromatic heterocycles. The van der Waals surface area contributed by atoms with Gasteiger partial charge >= 0.3 is 35.0 Å². The van der Waals surface area contributed by atoms with Gasteiger partial charge in [-0.05, 0) is 36.4 Å². The van der Waals surface area contributed by atoms with Gasteiger partial charge in [-0.15, -0.1) is 0 Å². The molecule has 0 amide bonds. The van der Waals surface area contributed by atoms with Crippen molar-refractivity contribution in [2.24, 2.45) is 0 Å². The summed E-state index contributed by atoms with van der Waals surface area (Å²) in [6.07, 6.45) is 0. The number of carbonyl (C=O) groups is 3. The third-order valence-electron chi connectivity index (χ3n) is 3.40. The fourth-order valence-corrected chi connectivity index (χ4v) is 1.96. The van der Waals surface area contributed by atoms with E-state index in [1.807, 2.05) is 0 Å². The first-order valence-electron chi connectivity index (χ1n) is 8.19. The molecule has 6 N–H and O–H groups in total. The Morgan fingerprint density at radius 3 is 0.735 bits per heavy atom. The number of benzene rings is 3. The molecule has 0 spiro atoms. The Morgan fingerprint density at radius 2 is 0.618 bits per heavy atom. The van der Waals surface area contributed by atoms with Crippen molar-refractivity contribution in [3.8, 4) is 17.2 Å². The van der Waals surface area contributed by atoms with Gasteiger partial charge in [-0.3, -0.25) is 0 Å². The van der Waals surface area contributed by atoms with Crippen LogP contribution >= 0.6 is 0 Å². The van der Waals surface area contributed by atoms with Crippen molar-refractivity contribution in [2.75, 3.05) is 0 Å². The first-order chi connectivity index (χ1) is 14.1. The topological polar surface area (TPSA) is 173 Å². The van der Waals surface area contributed by atoms with Gasteiger partial charge in [-0.1, -0.05) is 36.4 Å². The van der Waals surface area contributed by atoms with Crippen LogP contribution in [0.3, 0.4) is 0 Å². The third kappa shape index (κ3) is 12.8. The number of aromatic hydroxyl groups is 3. The quantitative estimate of drug-likeness (QED) is 0.166. The molecular weight excluding hydrogens is 558 g/mol. The van der Waals surface area contributed by atoms with E-state index >= 15 is 0 Å². The molecular formula is C21H18Cl3FeO9. The maximum Gasteiger partial charge on any atom is 3.00 e. The molecule has 3 aromatic rings. The van der Waals surface area contributed by atoms with Crippen molar-refractivity contribution in [2.45, 2.75) is 0 Å². The Balaban J connectivity index is -0.000000187. The van der Waals surface area contributed by atoms with Crippen LogP contribution in [0.4, 0.5) is 0 Å². The molecule has 1 radical (unpaired) electrons. The van der Waals surface area contributed by atoms with Crippen LogP contribution < -0.4 is 37.2 Å². The molecule has 0 aliphatic heterocycles. The van der Waals surface area contributed by atoms with E-state index in [2.05, 4.69) is 0 Å². The minimum atomic E-state index is -1.11. The average Bonchev–Trinajstić information content (AvgIpc) is 2.69. The molecule has 0 unspecified atom stereocenters. The van der Waals surface area contributed by atoms with Gasteiger partial charge in [-0.2, -0.15) is 0 Å². The largest absolute Gasteiger partial charge is 3.00 e. The average molecular weight is 577 g/mol. The second-order valence-corrected chi connectivity index (χ2v) is 5.47. The Kier molecular flexibility index (Phi) is 21.7. The standard InChI is InChI=1S/3C7H6O3.3ClH.Fe/c3*8-6-4-2-1-3-5(6)7(9)10;;;;/h3*1-4,8H,(H,9,10);3*1H;/q;;;;;;+3/p-3. The molecule has 0 atom stereocenters. The summed E-state index contributed by atoms with van der Waals surface area (Å²) in [6, 6.07) is 17.4. The van der Waals surface area contributed by atoms with Gasteiger partial charge in [0, 0.05) is 0 Å². The normalized spacial score (nSPS) is 8.12. The molecule has 0 aliphatic rings. The van der Waals surface area contributed by atoms with E-state index in [0.717, 1.165) is 0 Å². The predicted octanol–water partition coefficient (Wildman–Crippen LogP) is -5.72. The molecule has 0 aliphatic carbocycles. The van der Waals surface area contributed by atoms with E-state index in [4.69, 9.17) is 30.6 Å². The minimum absolute atomic E-state index is 0. The maximum atomic E-state index is 10.3. The molecule has 0 saturated carbocycles. The Morgan fingerprint density at radius 1 is 0.441 bits per heavy atom. The summed E-state index contributed by atoms with van der Waals surface area (Å²) in [5.74, 6) is -3.94. The molecule has 3 aromatic carbocycles. The van der Waals surface area contributed by atoms with E-state index < -0.39 is 17.9 Å². The zero-order valence-corrected chi connectivity index (χ0v) is 20.2. The van der Waals surface area contributed by atoms with Gasteiger partial charge in [0.05, 0.1) is 0 Å². The fraction of sp³-hybridized carbons (Fsp3) is 0. The number of aromatic carboxylic acids is 3.